The molecule has 0 saturated heterocycles. The lowest BCUT2D eigenvalue weighted by molar-refractivity contribution is -0.134. The van der Waals surface area contributed by atoms with Crippen molar-refractivity contribution >= 4 is 27.0 Å². The van der Waals surface area contributed by atoms with Crippen LogP contribution in [0.1, 0.15) is 24.5 Å². The maximum Gasteiger partial charge on any atom is 0.312 e. The summed E-state index contributed by atoms with van der Waals surface area (Å²) in [4.78, 5) is 25.1. The van der Waals surface area contributed by atoms with E-state index >= 15 is 0 Å². The second kappa shape index (κ2) is 10.8. The average Bonchev–Trinajstić information content (AvgIpc) is 2.86. The zero-order valence-corrected chi connectivity index (χ0v) is 20.6. The van der Waals surface area contributed by atoms with Gasteiger partial charge in [0.1, 0.15) is 23.3 Å². The van der Waals surface area contributed by atoms with Crippen LogP contribution in [0.5, 0.6) is 17.2 Å². The van der Waals surface area contributed by atoms with Gasteiger partial charge >= 0.3 is 5.97 Å². The largest absolute Gasteiger partial charge is 0.460 e. The lowest BCUT2D eigenvalue weighted by Crippen LogP contribution is -2.27. The van der Waals surface area contributed by atoms with E-state index in [-0.39, 0.29) is 45.8 Å². The molecule has 3 aromatic carbocycles. The van der Waals surface area contributed by atoms with Gasteiger partial charge in [0.2, 0.25) is 21.2 Å². The molecule has 0 amide bonds. The number of carbonyl (C=O) groups is 1. The van der Waals surface area contributed by atoms with Crippen LogP contribution >= 0.6 is 0 Å². The standard InChI is InChI=1S/C27H25NO7S/c1-3-19-6-8-20(9-7-19)34-25-17-33-24-16-21(10-13-23(24)27(25)30)35-26(29)14-15-28-36(31,32)22-11-4-18(2)5-12-22/h4-13,16-17,28H,3,14-15H2,1-2H3. The van der Waals surface area contributed by atoms with Gasteiger partial charge in [-0.05, 0) is 55.3 Å². The van der Waals surface area contributed by atoms with E-state index in [0.29, 0.717) is 5.75 Å². The van der Waals surface area contributed by atoms with Gasteiger partial charge in [-0.2, -0.15) is 0 Å². The molecule has 0 bridgehead atoms. The Morgan fingerprint density at radius 1 is 0.972 bits per heavy atom. The fraction of sp³-hybridized carbons (Fsp3) is 0.185. The molecule has 0 spiro atoms. The fourth-order valence-electron chi connectivity index (χ4n) is 3.42. The minimum Gasteiger partial charge on any atom is -0.460 e. The van der Waals surface area contributed by atoms with Crippen LogP contribution in [0.3, 0.4) is 0 Å². The number of fused-ring (bicyclic) bond motifs is 1. The number of rotatable bonds is 9. The predicted octanol–water partition coefficient (Wildman–Crippen LogP) is 4.73. The van der Waals surface area contributed by atoms with Crippen LogP contribution in [-0.2, 0) is 21.2 Å². The van der Waals surface area contributed by atoms with Crippen LogP contribution < -0.4 is 19.6 Å². The Balaban J connectivity index is 1.38. The van der Waals surface area contributed by atoms with Crippen molar-refractivity contribution in [2.24, 2.45) is 0 Å². The first-order valence-corrected chi connectivity index (χ1v) is 12.8. The van der Waals surface area contributed by atoms with Crippen LogP contribution in [0.15, 0.2) is 87.1 Å². The number of carbonyl (C=O) groups excluding carboxylic acids is 1. The third kappa shape index (κ3) is 5.99. The molecule has 0 atom stereocenters. The zero-order valence-electron chi connectivity index (χ0n) is 19.8. The van der Waals surface area contributed by atoms with Crippen molar-refractivity contribution in [1.29, 1.82) is 0 Å². The molecule has 0 aliphatic heterocycles. The molecule has 0 aliphatic rings. The zero-order chi connectivity index (χ0) is 25.7. The van der Waals surface area contributed by atoms with Gasteiger partial charge in [-0.25, -0.2) is 13.1 Å². The maximum atomic E-state index is 12.8. The molecule has 1 aromatic heterocycles. The Kier molecular flexibility index (Phi) is 7.52. The quantitative estimate of drug-likeness (QED) is 0.257. The molecule has 1 N–H and O–H groups in total. The molecule has 1 heterocycles. The van der Waals surface area contributed by atoms with E-state index in [2.05, 4.69) is 4.72 Å². The highest BCUT2D eigenvalue weighted by Crippen LogP contribution is 2.24. The van der Waals surface area contributed by atoms with E-state index in [0.717, 1.165) is 17.5 Å². The second-order valence-corrected chi connectivity index (χ2v) is 9.89. The Morgan fingerprint density at radius 3 is 2.36 bits per heavy atom. The van der Waals surface area contributed by atoms with Crippen LogP contribution in [0.2, 0.25) is 0 Å². The summed E-state index contributed by atoms with van der Waals surface area (Å²) < 4.78 is 43.5. The Morgan fingerprint density at radius 2 is 1.67 bits per heavy atom. The number of hydrogen-bond donors (Lipinski definition) is 1. The van der Waals surface area contributed by atoms with E-state index in [1.807, 2.05) is 26.0 Å². The Hall–Kier alpha value is -3.95. The number of aryl methyl sites for hydroxylation is 2. The van der Waals surface area contributed by atoms with Gasteiger partial charge in [-0.1, -0.05) is 36.8 Å². The highest BCUT2D eigenvalue weighted by molar-refractivity contribution is 7.89. The summed E-state index contributed by atoms with van der Waals surface area (Å²) in [7, 11) is -3.73. The number of benzene rings is 3. The van der Waals surface area contributed by atoms with Gasteiger partial charge in [0.25, 0.3) is 0 Å². The second-order valence-electron chi connectivity index (χ2n) is 8.12. The fourth-order valence-corrected chi connectivity index (χ4v) is 4.45. The maximum absolute atomic E-state index is 12.8. The first-order valence-electron chi connectivity index (χ1n) is 11.3. The number of ether oxygens (including phenoxy) is 2. The molecule has 4 rings (SSSR count). The summed E-state index contributed by atoms with van der Waals surface area (Å²) in [5.74, 6) is 0.0828. The van der Waals surface area contributed by atoms with Crippen LogP contribution in [-0.4, -0.2) is 20.9 Å². The Labute approximate surface area is 208 Å². The van der Waals surface area contributed by atoms with Crippen molar-refractivity contribution in [2.75, 3.05) is 6.54 Å². The molecular weight excluding hydrogens is 482 g/mol. The average molecular weight is 508 g/mol. The summed E-state index contributed by atoms with van der Waals surface area (Å²) in [5, 5.41) is 0.267. The van der Waals surface area contributed by atoms with Gasteiger partial charge < -0.3 is 13.9 Å². The molecule has 0 aliphatic carbocycles. The molecule has 4 aromatic rings. The van der Waals surface area contributed by atoms with Crippen LogP contribution in [0, 0.1) is 6.92 Å². The molecular formula is C27H25NO7S. The van der Waals surface area contributed by atoms with Gasteiger partial charge in [-0.3, -0.25) is 9.59 Å². The van der Waals surface area contributed by atoms with Crippen molar-refractivity contribution in [3.8, 4) is 17.2 Å². The van der Waals surface area contributed by atoms with Crippen molar-refractivity contribution in [3.63, 3.8) is 0 Å². The molecule has 0 fully saturated rings. The third-order valence-corrected chi connectivity index (χ3v) is 6.93. The Bertz CT molecular complexity index is 1540. The van der Waals surface area contributed by atoms with E-state index in [9.17, 15) is 18.0 Å². The summed E-state index contributed by atoms with van der Waals surface area (Å²) in [6.45, 7) is 3.78. The molecule has 0 saturated carbocycles. The minimum atomic E-state index is -3.73. The first-order chi connectivity index (χ1) is 17.2. The molecule has 0 unspecified atom stereocenters. The van der Waals surface area contributed by atoms with Gasteiger partial charge in [0.05, 0.1) is 16.7 Å². The number of esters is 1. The molecule has 186 valence electrons. The van der Waals surface area contributed by atoms with E-state index in [4.69, 9.17) is 13.9 Å². The summed E-state index contributed by atoms with van der Waals surface area (Å²) in [5.41, 5.74) is 1.95. The lowest BCUT2D eigenvalue weighted by atomic mass is 10.2. The smallest absolute Gasteiger partial charge is 0.312 e. The van der Waals surface area contributed by atoms with Gasteiger partial charge in [-0.15, -0.1) is 0 Å². The molecule has 9 heteroatoms. The highest BCUT2D eigenvalue weighted by atomic mass is 32.2. The van der Waals surface area contributed by atoms with Crippen molar-refractivity contribution in [2.45, 2.75) is 31.6 Å². The topological polar surface area (TPSA) is 112 Å². The minimum absolute atomic E-state index is 0.0392. The van der Waals surface area contributed by atoms with E-state index in [1.54, 1.807) is 24.3 Å². The van der Waals surface area contributed by atoms with Crippen LogP contribution in [0.25, 0.3) is 11.0 Å². The first kappa shape index (κ1) is 25.2. The predicted molar refractivity (Wildman–Crippen MR) is 135 cm³/mol. The lowest BCUT2D eigenvalue weighted by Gasteiger charge is -2.09. The van der Waals surface area contributed by atoms with Crippen molar-refractivity contribution in [1.82, 2.24) is 4.72 Å². The number of sulfonamides is 1. The summed E-state index contributed by atoms with van der Waals surface area (Å²) in [6.07, 6.45) is 1.93. The normalized spacial score (nSPS) is 11.4. The van der Waals surface area contributed by atoms with E-state index < -0.39 is 16.0 Å². The monoisotopic (exact) mass is 507 g/mol. The van der Waals surface area contributed by atoms with Crippen molar-refractivity contribution in [3.05, 3.63) is 94.3 Å². The van der Waals surface area contributed by atoms with Crippen LogP contribution in [0.4, 0.5) is 0 Å². The summed E-state index contributed by atoms with van der Waals surface area (Å²) >= 11 is 0. The SMILES string of the molecule is CCc1ccc(Oc2coc3cc(OC(=O)CCNS(=O)(=O)c4ccc(C)cc4)ccc3c2=O)cc1. The van der Waals surface area contributed by atoms with Crippen molar-refractivity contribution < 1.29 is 27.1 Å². The number of nitrogens with one attached hydrogen (secondary N) is 1. The third-order valence-electron chi connectivity index (χ3n) is 5.46. The number of hydrogen-bond acceptors (Lipinski definition) is 7. The summed E-state index contributed by atoms with van der Waals surface area (Å²) in [6, 6.07) is 18.2. The highest BCUT2D eigenvalue weighted by Gasteiger charge is 2.15. The molecule has 0 radical (unpaired) electrons. The molecule has 36 heavy (non-hydrogen) atoms. The molecule has 8 nitrogen and oxygen atoms in total. The van der Waals surface area contributed by atoms with Gasteiger partial charge in [0.15, 0.2) is 0 Å². The van der Waals surface area contributed by atoms with Gasteiger partial charge in [0, 0.05) is 12.6 Å². The van der Waals surface area contributed by atoms with E-state index in [1.165, 1.54) is 36.6 Å².